The number of anilines is 1. The summed E-state index contributed by atoms with van der Waals surface area (Å²) < 4.78 is 26.3. The molecule has 0 amide bonds. The molecule has 0 spiro atoms. The van der Waals surface area contributed by atoms with E-state index in [4.69, 9.17) is 0 Å². The summed E-state index contributed by atoms with van der Waals surface area (Å²) in [5, 5.41) is 24.5. The van der Waals surface area contributed by atoms with E-state index in [2.05, 4.69) is 5.32 Å². The zero-order valence-electron chi connectivity index (χ0n) is 15.3. The maximum absolute atomic E-state index is 12.5. The second-order valence-electron chi connectivity index (χ2n) is 6.39. The first-order chi connectivity index (χ1) is 11.5. The fourth-order valence-electron chi connectivity index (χ4n) is 2.16. The van der Waals surface area contributed by atoms with Gasteiger partial charge in [0, 0.05) is 25.7 Å². The van der Waals surface area contributed by atoms with Crippen molar-refractivity contribution in [3.63, 3.8) is 0 Å². The van der Waals surface area contributed by atoms with Crippen molar-refractivity contribution in [2.75, 3.05) is 25.0 Å². The van der Waals surface area contributed by atoms with Gasteiger partial charge in [0.2, 0.25) is 10.0 Å². The number of hydrogen-bond acceptors (Lipinski definition) is 6. The van der Waals surface area contributed by atoms with Crippen molar-refractivity contribution in [3.8, 4) is 0 Å². The Kier molecular flexibility index (Phi) is 6.92. The molecule has 1 rings (SSSR count). The van der Waals surface area contributed by atoms with Crippen LogP contribution in [0.3, 0.4) is 0 Å². The number of nitro benzene ring substituents is 1. The van der Waals surface area contributed by atoms with Crippen molar-refractivity contribution in [2.45, 2.75) is 45.1 Å². The van der Waals surface area contributed by atoms with Crippen LogP contribution < -0.4 is 5.32 Å². The zero-order chi connectivity index (χ0) is 19.4. The van der Waals surface area contributed by atoms with Crippen molar-refractivity contribution in [2.24, 2.45) is 5.92 Å². The van der Waals surface area contributed by atoms with E-state index in [0.29, 0.717) is 0 Å². The van der Waals surface area contributed by atoms with E-state index >= 15 is 0 Å². The molecular formula is C16H27N3O5S. The van der Waals surface area contributed by atoms with Gasteiger partial charge in [-0.3, -0.25) is 10.1 Å². The highest BCUT2D eigenvalue weighted by Gasteiger charge is 2.28. The smallest absolute Gasteiger partial charge is 0.293 e. The van der Waals surface area contributed by atoms with Crippen molar-refractivity contribution < 1.29 is 18.4 Å². The third kappa shape index (κ3) is 4.90. The second-order valence-corrected chi connectivity index (χ2v) is 8.33. The molecule has 0 aliphatic carbocycles. The van der Waals surface area contributed by atoms with E-state index in [1.54, 1.807) is 20.8 Å². The van der Waals surface area contributed by atoms with Gasteiger partial charge >= 0.3 is 0 Å². The summed E-state index contributed by atoms with van der Waals surface area (Å²) in [7, 11) is -3.78. The van der Waals surface area contributed by atoms with Gasteiger partial charge in [-0.25, -0.2) is 8.42 Å². The third-order valence-electron chi connectivity index (χ3n) is 4.39. The maximum Gasteiger partial charge on any atom is 0.293 e. The van der Waals surface area contributed by atoms with Gasteiger partial charge in [0.05, 0.1) is 15.4 Å². The summed E-state index contributed by atoms with van der Waals surface area (Å²) in [6.07, 6.45) is 0. The summed E-state index contributed by atoms with van der Waals surface area (Å²) in [5.41, 5.74) is -1.22. The van der Waals surface area contributed by atoms with E-state index in [1.165, 1.54) is 16.4 Å². The molecule has 0 aliphatic rings. The molecule has 1 aromatic carbocycles. The Labute approximate surface area is 149 Å². The lowest BCUT2D eigenvalue weighted by molar-refractivity contribution is -0.384. The molecular weight excluding hydrogens is 346 g/mol. The first-order valence-corrected chi connectivity index (χ1v) is 9.66. The largest absolute Gasteiger partial charge is 0.388 e. The predicted molar refractivity (Wildman–Crippen MR) is 97.2 cm³/mol. The van der Waals surface area contributed by atoms with Crippen molar-refractivity contribution >= 4 is 21.4 Å². The Bertz CT molecular complexity index is 712. The molecule has 8 nitrogen and oxygen atoms in total. The van der Waals surface area contributed by atoms with Crippen LogP contribution >= 0.6 is 0 Å². The average Bonchev–Trinajstić information content (AvgIpc) is 2.53. The van der Waals surface area contributed by atoms with Crippen LogP contribution in [0.1, 0.15) is 34.6 Å². The molecule has 1 aromatic rings. The van der Waals surface area contributed by atoms with Crippen molar-refractivity contribution in [3.05, 3.63) is 28.3 Å². The Morgan fingerprint density at radius 3 is 2.32 bits per heavy atom. The first kappa shape index (κ1) is 21.3. The number of nitrogens with one attached hydrogen (secondary N) is 1. The molecule has 1 unspecified atom stereocenters. The number of aliphatic hydroxyl groups is 1. The van der Waals surface area contributed by atoms with Crippen LogP contribution in [0.5, 0.6) is 0 Å². The lowest BCUT2D eigenvalue weighted by Gasteiger charge is -2.28. The van der Waals surface area contributed by atoms with Crippen LogP contribution in [-0.2, 0) is 10.0 Å². The van der Waals surface area contributed by atoms with Gasteiger partial charge in [-0.1, -0.05) is 27.7 Å². The van der Waals surface area contributed by atoms with E-state index in [1.807, 2.05) is 13.8 Å². The molecule has 0 aromatic heterocycles. The summed E-state index contributed by atoms with van der Waals surface area (Å²) in [6, 6.07) is 3.76. The quantitative estimate of drug-likeness (QED) is 0.508. The molecule has 0 aliphatic heterocycles. The van der Waals surface area contributed by atoms with Crippen LogP contribution in [0.2, 0.25) is 0 Å². The van der Waals surface area contributed by atoms with E-state index < -0.39 is 20.5 Å². The minimum Gasteiger partial charge on any atom is -0.388 e. The SMILES string of the molecule is CCN(CC)S(=O)(=O)c1ccc(NCC(C)(O)C(C)C)c([N+](=O)[O-])c1. The molecule has 0 radical (unpaired) electrons. The summed E-state index contributed by atoms with van der Waals surface area (Å²) in [5.74, 6) is -0.0543. The van der Waals surface area contributed by atoms with Gasteiger partial charge in [0.1, 0.15) is 5.69 Å². The molecule has 0 bridgehead atoms. The lowest BCUT2D eigenvalue weighted by atomic mass is 9.92. The molecule has 9 heteroatoms. The zero-order valence-corrected chi connectivity index (χ0v) is 16.1. The van der Waals surface area contributed by atoms with Crippen molar-refractivity contribution in [1.29, 1.82) is 0 Å². The predicted octanol–water partition coefficient (Wildman–Crippen LogP) is 2.44. The van der Waals surface area contributed by atoms with E-state index in [-0.39, 0.29) is 41.8 Å². The van der Waals surface area contributed by atoms with Crippen LogP contribution in [0.25, 0.3) is 0 Å². The lowest BCUT2D eigenvalue weighted by Crippen LogP contribution is -2.38. The Morgan fingerprint density at radius 1 is 1.32 bits per heavy atom. The number of sulfonamides is 1. The topological polar surface area (TPSA) is 113 Å². The highest BCUT2D eigenvalue weighted by atomic mass is 32.2. The Hall–Kier alpha value is -1.71. The second kappa shape index (κ2) is 8.11. The molecule has 0 saturated heterocycles. The number of benzene rings is 1. The first-order valence-electron chi connectivity index (χ1n) is 8.22. The normalized spacial score (nSPS) is 14.6. The fourth-order valence-corrected chi connectivity index (χ4v) is 3.64. The Morgan fingerprint density at radius 2 is 1.88 bits per heavy atom. The van der Waals surface area contributed by atoms with E-state index in [0.717, 1.165) is 6.07 Å². The number of hydrogen-bond donors (Lipinski definition) is 2. The summed E-state index contributed by atoms with van der Waals surface area (Å²) in [4.78, 5) is 10.6. The molecule has 142 valence electrons. The van der Waals surface area contributed by atoms with Crippen LogP contribution in [0, 0.1) is 16.0 Å². The third-order valence-corrected chi connectivity index (χ3v) is 6.44. The minimum absolute atomic E-state index is 0.0543. The number of rotatable bonds is 9. The molecule has 25 heavy (non-hydrogen) atoms. The van der Waals surface area contributed by atoms with Gasteiger partial charge in [-0.15, -0.1) is 0 Å². The van der Waals surface area contributed by atoms with Gasteiger partial charge in [0.15, 0.2) is 0 Å². The molecule has 2 N–H and O–H groups in total. The maximum atomic E-state index is 12.5. The highest BCUT2D eigenvalue weighted by Crippen LogP contribution is 2.30. The molecule has 0 saturated carbocycles. The van der Waals surface area contributed by atoms with Crippen LogP contribution in [-0.4, -0.2) is 48.0 Å². The molecule has 0 fully saturated rings. The van der Waals surface area contributed by atoms with Gasteiger partial charge in [-0.05, 0) is 25.0 Å². The van der Waals surface area contributed by atoms with Crippen LogP contribution in [0.15, 0.2) is 23.1 Å². The van der Waals surface area contributed by atoms with Crippen molar-refractivity contribution in [1.82, 2.24) is 4.31 Å². The molecule has 0 heterocycles. The monoisotopic (exact) mass is 373 g/mol. The van der Waals surface area contributed by atoms with Crippen LogP contribution in [0.4, 0.5) is 11.4 Å². The van der Waals surface area contributed by atoms with Gasteiger partial charge in [-0.2, -0.15) is 4.31 Å². The fraction of sp³-hybridized carbons (Fsp3) is 0.625. The molecule has 1 atom stereocenters. The summed E-state index contributed by atoms with van der Waals surface area (Å²) >= 11 is 0. The summed E-state index contributed by atoms with van der Waals surface area (Å²) in [6.45, 7) is 9.40. The number of nitrogens with zero attached hydrogens (tertiary/aromatic N) is 2. The number of nitro groups is 1. The van der Waals surface area contributed by atoms with Gasteiger partial charge < -0.3 is 10.4 Å². The average molecular weight is 373 g/mol. The van der Waals surface area contributed by atoms with Gasteiger partial charge in [0.25, 0.3) is 5.69 Å². The standard InChI is InChI=1S/C16H27N3O5S/c1-6-18(7-2)25(23,24)13-8-9-14(15(10-13)19(21)22)17-11-16(5,20)12(3)4/h8-10,12,17,20H,6-7,11H2,1-5H3. The highest BCUT2D eigenvalue weighted by molar-refractivity contribution is 7.89. The Balaban J connectivity index is 3.23. The van der Waals surface area contributed by atoms with E-state index in [9.17, 15) is 23.6 Å². The minimum atomic E-state index is -3.78.